The summed E-state index contributed by atoms with van der Waals surface area (Å²) in [5, 5.41) is 22.3. The van der Waals surface area contributed by atoms with Crippen molar-refractivity contribution in [1.82, 2.24) is 0 Å². The Balaban J connectivity index is 1.40. The molecular weight excluding hydrogens is 434 g/mol. The van der Waals surface area contributed by atoms with E-state index < -0.39 is 0 Å². The fraction of sp³-hybridized carbons (Fsp3) is 0.258. The van der Waals surface area contributed by atoms with Gasteiger partial charge in [-0.3, -0.25) is 4.99 Å². The number of aromatic hydroxyl groups is 2. The fourth-order valence-corrected chi connectivity index (χ4v) is 5.08. The molecule has 0 fully saturated rings. The van der Waals surface area contributed by atoms with Gasteiger partial charge in [-0.05, 0) is 81.4 Å². The molecule has 35 heavy (non-hydrogen) atoms. The van der Waals surface area contributed by atoms with E-state index in [1.165, 1.54) is 30.4 Å². The Morgan fingerprint density at radius 3 is 2.46 bits per heavy atom. The minimum absolute atomic E-state index is 0.0348. The van der Waals surface area contributed by atoms with E-state index in [0.29, 0.717) is 6.61 Å². The second-order valence-electron chi connectivity index (χ2n) is 9.17. The smallest absolute Gasteiger partial charge is 0.123 e. The zero-order valence-electron chi connectivity index (χ0n) is 20.1. The summed E-state index contributed by atoms with van der Waals surface area (Å²) in [4.78, 5) is 4.44. The number of unbranched alkanes of at least 4 members (excludes halogenated alkanes) is 3. The summed E-state index contributed by atoms with van der Waals surface area (Å²) in [6.45, 7) is 3.55. The minimum atomic E-state index is 0.0348. The first kappa shape index (κ1) is 23.0. The first-order chi connectivity index (χ1) is 17.2. The molecule has 4 aromatic carbocycles. The lowest BCUT2D eigenvalue weighted by molar-refractivity contribution is 0.380. The van der Waals surface area contributed by atoms with Gasteiger partial charge in [-0.1, -0.05) is 62.6 Å². The Hall–Kier alpha value is -3.79. The minimum Gasteiger partial charge on any atom is -0.508 e. The number of rotatable bonds is 9. The number of phenolic OH excluding ortho intramolecular Hbond substituents is 2. The van der Waals surface area contributed by atoms with Gasteiger partial charge in [-0.25, -0.2) is 0 Å². The predicted octanol–water partition coefficient (Wildman–Crippen LogP) is 7.44. The summed E-state index contributed by atoms with van der Waals surface area (Å²) in [6, 6.07) is 23.5. The third-order valence-corrected chi connectivity index (χ3v) is 6.78. The Labute approximate surface area is 206 Å². The number of aliphatic imine (C=N–C) groups is 1. The van der Waals surface area contributed by atoms with E-state index in [1.807, 2.05) is 42.6 Å². The number of hydrogen-bond donors (Lipinski definition) is 2. The maximum Gasteiger partial charge on any atom is 0.123 e. The van der Waals surface area contributed by atoms with Crippen LogP contribution in [0.15, 0.2) is 77.8 Å². The second kappa shape index (κ2) is 10.2. The number of fused-ring (bicyclic) bond motifs is 5. The first-order valence-corrected chi connectivity index (χ1v) is 12.5. The fourth-order valence-electron chi connectivity index (χ4n) is 5.08. The summed E-state index contributed by atoms with van der Waals surface area (Å²) in [5.74, 6) is 1.37. The summed E-state index contributed by atoms with van der Waals surface area (Å²) in [6.07, 6.45) is 6.74. The lowest BCUT2D eigenvalue weighted by Gasteiger charge is -2.17. The van der Waals surface area contributed by atoms with E-state index in [0.717, 1.165) is 46.2 Å². The molecule has 0 saturated heterocycles. The molecule has 5 rings (SSSR count). The third-order valence-electron chi connectivity index (χ3n) is 6.78. The van der Waals surface area contributed by atoms with E-state index >= 15 is 0 Å². The molecule has 1 atom stereocenters. The molecule has 4 nitrogen and oxygen atoms in total. The van der Waals surface area contributed by atoms with Crippen molar-refractivity contribution in [1.29, 1.82) is 0 Å². The first-order valence-electron chi connectivity index (χ1n) is 12.5. The van der Waals surface area contributed by atoms with Gasteiger partial charge >= 0.3 is 0 Å². The largest absolute Gasteiger partial charge is 0.508 e. The van der Waals surface area contributed by atoms with E-state index in [9.17, 15) is 10.2 Å². The van der Waals surface area contributed by atoms with Crippen LogP contribution in [0.25, 0.3) is 21.9 Å². The van der Waals surface area contributed by atoms with Crippen molar-refractivity contribution in [3.8, 4) is 28.4 Å². The molecule has 0 amide bonds. The van der Waals surface area contributed by atoms with Crippen LogP contribution in [-0.4, -0.2) is 29.6 Å². The zero-order valence-corrected chi connectivity index (χ0v) is 20.1. The monoisotopic (exact) mass is 465 g/mol. The van der Waals surface area contributed by atoms with Crippen LogP contribution < -0.4 is 4.74 Å². The number of nitrogens with zero attached hydrogens (tertiary/aromatic N) is 1. The molecule has 178 valence electrons. The maximum absolute atomic E-state index is 10.2. The molecule has 0 bridgehead atoms. The van der Waals surface area contributed by atoms with Crippen molar-refractivity contribution >= 4 is 17.0 Å². The molecule has 2 N–H and O–H groups in total. The molecule has 0 heterocycles. The highest BCUT2D eigenvalue weighted by atomic mass is 16.5. The molecule has 0 spiro atoms. The van der Waals surface area contributed by atoms with Gasteiger partial charge in [0.2, 0.25) is 0 Å². The average Bonchev–Trinajstić information content (AvgIpc) is 3.19. The summed E-state index contributed by atoms with van der Waals surface area (Å²) in [5.41, 5.74) is 5.70. The Bertz CT molecular complexity index is 1360. The van der Waals surface area contributed by atoms with Crippen molar-refractivity contribution in [2.45, 2.75) is 38.5 Å². The summed E-state index contributed by atoms with van der Waals surface area (Å²) in [7, 11) is 0. The van der Waals surface area contributed by atoms with E-state index in [4.69, 9.17) is 4.74 Å². The standard InChI is InChI=1S/C31H31NO3/c1-2-3-4-5-16-32-17-18-35-25-11-6-21(7-12-25)30-27-15-10-24(34)20-29(27)28-13-8-22-19-23(33)9-14-26(22)31(28)30/h6-15,17,19-20,30,33-34H,2-5,16,18H2,1H3. The van der Waals surface area contributed by atoms with Crippen molar-refractivity contribution in [3.63, 3.8) is 0 Å². The van der Waals surface area contributed by atoms with E-state index in [-0.39, 0.29) is 17.4 Å². The van der Waals surface area contributed by atoms with Crippen LogP contribution in [0.4, 0.5) is 0 Å². The van der Waals surface area contributed by atoms with Crippen LogP contribution in [0.1, 0.15) is 55.2 Å². The quantitative estimate of drug-likeness (QED) is 0.176. The van der Waals surface area contributed by atoms with Crippen molar-refractivity contribution < 1.29 is 14.9 Å². The molecule has 0 aliphatic heterocycles. The predicted molar refractivity (Wildman–Crippen MR) is 143 cm³/mol. The second-order valence-corrected chi connectivity index (χ2v) is 9.17. The topological polar surface area (TPSA) is 62.0 Å². The highest BCUT2D eigenvalue weighted by Gasteiger charge is 2.32. The van der Waals surface area contributed by atoms with Gasteiger partial charge in [0.1, 0.15) is 23.9 Å². The van der Waals surface area contributed by atoms with Crippen LogP contribution in [-0.2, 0) is 0 Å². The van der Waals surface area contributed by atoms with Crippen LogP contribution in [0.3, 0.4) is 0 Å². The molecule has 1 aliphatic carbocycles. The van der Waals surface area contributed by atoms with Gasteiger partial charge in [0, 0.05) is 18.7 Å². The van der Waals surface area contributed by atoms with Gasteiger partial charge in [-0.2, -0.15) is 0 Å². The van der Waals surface area contributed by atoms with Crippen LogP contribution in [0.2, 0.25) is 0 Å². The molecule has 1 unspecified atom stereocenters. The van der Waals surface area contributed by atoms with Crippen LogP contribution >= 0.6 is 0 Å². The number of ether oxygens (including phenoxy) is 1. The SMILES string of the molecule is CCCCCCN=CCOc1ccc(C2c3ccc(O)cc3-c3ccc4cc(O)ccc4c32)cc1. The number of phenols is 2. The molecule has 0 saturated carbocycles. The van der Waals surface area contributed by atoms with E-state index in [1.54, 1.807) is 18.2 Å². The highest BCUT2D eigenvalue weighted by Crippen LogP contribution is 2.51. The lowest BCUT2D eigenvalue weighted by atomic mass is 9.86. The summed E-state index contributed by atoms with van der Waals surface area (Å²) < 4.78 is 5.88. The Morgan fingerprint density at radius 1 is 0.829 bits per heavy atom. The van der Waals surface area contributed by atoms with Crippen molar-refractivity contribution in [2.75, 3.05) is 13.2 Å². The molecule has 4 aromatic rings. The molecule has 0 radical (unpaired) electrons. The normalized spacial score (nSPS) is 14.4. The van der Waals surface area contributed by atoms with Gasteiger partial charge in [-0.15, -0.1) is 0 Å². The molecule has 0 aromatic heterocycles. The number of benzene rings is 4. The van der Waals surface area contributed by atoms with Crippen molar-refractivity contribution in [3.05, 3.63) is 89.5 Å². The molecular formula is C31H31NO3. The zero-order chi connectivity index (χ0) is 24.2. The third kappa shape index (κ3) is 4.74. The van der Waals surface area contributed by atoms with Gasteiger partial charge in [0.05, 0.1) is 0 Å². The van der Waals surface area contributed by atoms with Crippen molar-refractivity contribution in [2.24, 2.45) is 4.99 Å². The summed E-state index contributed by atoms with van der Waals surface area (Å²) >= 11 is 0. The maximum atomic E-state index is 10.2. The Morgan fingerprint density at radius 2 is 1.63 bits per heavy atom. The molecule has 4 heteroatoms. The Kier molecular flexibility index (Phi) is 6.71. The average molecular weight is 466 g/mol. The number of hydrogen-bond acceptors (Lipinski definition) is 4. The lowest BCUT2D eigenvalue weighted by Crippen LogP contribution is -2.02. The van der Waals surface area contributed by atoms with Gasteiger partial charge in [0.25, 0.3) is 0 Å². The van der Waals surface area contributed by atoms with Gasteiger partial charge < -0.3 is 14.9 Å². The van der Waals surface area contributed by atoms with Gasteiger partial charge in [0.15, 0.2) is 0 Å². The highest BCUT2D eigenvalue weighted by molar-refractivity contribution is 5.98. The van der Waals surface area contributed by atoms with Crippen LogP contribution in [0, 0.1) is 0 Å². The molecule has 1 aliphatic rings. The van der Waals surface area contributed by atoms with E-state index in [2.05, 4.69) is 30.1 Å². The van der Waals surface area contributed by atoms with Crippen LogP contribution in [0.5, 0.6) is 17.2 Å².